The Kier molecular flexibility index (Phi) is 11.1. The summed E-state index contributed by atoms with van der Waals surface area (Å²) in [5.41, 5.74) is 19.2. The first-order valence-corrected chi connectivity index (χ1v) is 22.5. The molecule has 0 radical (unpaired) electrons. The molecule has 10 aromatic rings. The lowest BCUT2D eigenvalue weighted by Gasteiger charge is -2.26. The monoisotopic (exact) mass is 843 g/mol. The van der Waals surface area contributed by atoms with E-state index in [-0.39, 0.29) is 6.04 Å². The van der Waals surface area contributed by atoms with Crippen LogP contribution in [0.1, 0.15) is 22.7 Å². The van der Waals surface area contributed by atoms with Crippen LogP contribution in [0.5, 0.6) is 0 Å². The average Bonchev–Trinajstić information content (AvgIpc) is 3.41. The Labute approximate surface area is 386 Å². The lowest BCUT2D eigenvalue weighted by Crippen LogP contribution is -2.31. The molecule has 1 aliphatic rings. The molecule has 3 nitrogen and oxygen atoms in total. The fourth-order valence-electron chi connectivity index (χ4n) is 9.13. The third kappa shape index (κ3) is 8.18. The molecule has 3 heteroatoms. The highest BCUT2D eigenvalue weighted by Crippen LogP contribution is 2.49. The number of benzene rings is 9. The fraction of sp³-hybridized carbons (Fsp3) is 0.0159. The standard InChI is InChI=1S/C63H45N3/c1-8-23-44(24-9-1)53-40-54(45-25-10-2-11-26-45)42-55(41-53)63-64-56(46-27-12-3-13-28-46)43-57(65-63)51-37-22-38-52(39-51)58-59(47-29-14-4-15-30-47)61(49-33-18-6-19-34-49)66-62(50-35-20-7-21-36-50)60(58)48-31-16-5-17-32-48/h1-43,56H,(H,64,65). The van der Waals surface area contributed by atoms with Crippen LogP contribution in [0.3, 0.4) is 0 Å². The van der Waals surface area contributed by atoms with E-state index in [1.165, 1.54) is 0 Å². The summed E-state index contributed by atoms with van der Waals surface area (Å²) >= 11 is 0. The molecule has 9 aromatic carbocycles. The third-order valence-electron chi connectivity index (χ3n) is 12.3. The molecular weight excluding hydrogens is 799 g/mol. The Bertz CT molecular complexity index is 3170. The van der Waals surface area contributed by atoms with Crippen LogP contribution >= 0.6 is 0 Å². The van der Waals surface area contributed by atoms with Gasteiger partial charge in [0.1, 0.15) is 5.84 Å². The Morgan fingerprint density at radius 2 is 0.652 bits per heavy atom. The second kappa shape index (κ2) is 18.2. The van der Waals surface area contributed by atoms with Gasteiger partial charge in [-0.1, -0.05) is 231 Å². The molecular formula is C63H45N3. The number of hydrogen-bond acceptors (Lipinski definition) is 3. The summed E-state index contributed by atoms with van der Waals surface area (Å²) in [5.74, 6) is 0.818. The van der Waals surface area contributed by atoms with Gasteiger partial charge in [-0.05, 0) is 74.8 Å². The van der Waals surface area contributed by atoms with Crippen LogP contribution in [0.15, 0.2) is 266 Å². The Morgan fingerprint density at radius 3 is 1.12 bits per heavy atom. The molecule has 1 aromatic heterocycles. The number of rotatable bonds is 10. The van der Waals surface area contributed by atoms with E-state index in [2.05, 4.69) is 266 Å². The lowest BCUT2D eigenvalue weighted by molar-refractivity contribution is 0.781. The number of hydrogen-bond donors (Lipinski definition) is 1. The highest BCUT2D eigenvalue weighted by molar-refractivity contribution is 6.07. The summed E-state index contributed by atoms with van der Waals surface area (Å²) in [6.07, 6.45) is 2.27. The Morgan fingerprint density at radius 1 is 0.288 bits per heavy atom. The molecule has 1 aliphatic heterocycles. The van der Waals surface area contributed by atoms with Gasteiger partial charge in [0.2, 0.25) is 0 Å². The fourth-order valence-corrected chi connectivity index (χ4v) is 9.13. The molecule has 0 saturated heterocycles. The van der Waals surface area contributed by atoms with Crippen molar-refractivity contribution in [2.24, 2.45) is 4.99 Å². The molecule has 0 amide bonds. The Balaban J connectivity index is 1.16. The minimum Gasteiger partial charge on any atom is -0.359 e. The summed E-state index contributed by atoms with van der Waals surface area (Å²) in [6, 6.07) is 90.2. The zero-order chi connectivity index (χ0) is 44.1. The third-order valence-corrected chi connectivity index (χ3v) is 12.3. The van der Waals surface area contributed by atoms with E-state index in [1.807, 2.05) is 0 Å². The molecule has 1 atom stereocenters. The average molecular weight is 844 g/mol. The predicted molar refractivity (Wildman–Crippen MR) is 276 cm³/mol. The van der Waals surface area contributed by atoms with Crippen molar-refractivity contribution < 1.29 is 0 Å². The predicted octanol–water partition coefficient (Wildman–Crippen LogP) is 15.9. The minimum atomic E-state index is -0.132. The van der Waals surface area contributed by atoms with Crippen molar-refractivity contribution in [1.29, 1.82) is 0 Å². The number of pyridine rings is 1. The van der Waals surface area contributed by atoms with Crippen LogP contribution in [0.2, 0.25) is 0 Å². The van der Waals surface area contributed by atoms with Crippen molar-refractivity contribution in [2.45, 2.75) is 6.04 Å². The minimum absolute atomic E-state index is 0.132. The molecule has 0 spiro atoms. The van der Waals surface area contributed by atoms with Gasteiger partial charge in [0.05, 0.1) is 23.1 Å². The first kappa shape index (κ1) is 40.1. The van der Waals surface area contributed by atoms with Gasteiger partial charge in [-0.15, -0.1) is 0 Å². The number of nitrogens with one attached hydrogen (secondary N) is 1. The van der Waals surface area contributed by atoms with E-state index in [1.54, 1.807) is 0 Å². The van der Waals surface area contributed by atoms with Crippen LogP contribution < -0.4 is 5.32 Å². The number of aliphatic imine (C=N–C) groups is 1. The van der Waals surface area contributed by atoms with Crippen molar-refractivity contribution in [3.05, 3.63) is 278 Å². The summed E-state index contributed by atoms with van der Waals surface area (Å²) in [5, 5.41) is 3.87. The van der Waals surface area contributed by atoms with Gasteiger partial charge in [-0.2, -0.15) is 0 Å². The quantitative estimate of drug-likeness (QED) is 0.149. The van der Waals surface area contributed by atoms with Gasteiger partial charge in [0, 0.05) is 38.9 Å². The zero-order valence-corrected chi connectivity index (χ0v) is 36.3. The van der Waals surface area contributed by atoms with Gasteiger partial charge in [-0.3, -0.25) is 0 Å². The summed E-state index contributed by atoms with van der Waals surface area (Å²) < 4.78 is 0. The van der Waals surface area contributed by atoms with E-state index in [4.69, 9.17) is 9.98 Å². The van der Waals surface area contributed by atoms with Crippen LogP contribution in [0.25, 0.3) is 83.8 Å². The largest absolute Gasteiger partial charge is 0.359 e. The van der Waals surface area contributed by atoms with Crippen LogP contribution in [0.4, 0.5) is 0 Å². The maximum Gasteiger partial charge on any atom is 0.134 e. The molecule has 0 bridgehead atoms. The molecule has 1 unspecified atom stereocenters. The second-order valence-electron chi connectivity index (χ2n) is 16.6. The summed E-state index contributed by atoms with van der Waals surface area (Å²) in [4.78, 5) is 11.2. The van der Waals surface area contributed by atoms with E-state index < -0.39 is 0 Å². The summed E-state index contributed by atoms with van der Waals surface area (Å²) in [6.45, 7) is 0. The van der Waals surface area contributed by atoms with Gasteiger partial charge >= 0.3 is 0 Å². The van der Waals surface area contributed by atoms with E-state index in [0.717, 1.165) is 106 Å². The van der Waals surface area contributed by atoms with Crippen LogP contribution in [-0.4, -0.2) is 10.8 Å². The first-order chi connectivity index (χ1) is 32.7. The lowest BCUT2D eigenvalue weighted by atomic mass is 9.83. The second-order valence-corrected chi connectivity index (χ2v) is 16.6. The molecule has 66 heavy (non-hydrogen) atoms. The first-order valence-electron chi connectivity index (χ1n) is 22.5. The topological polar surface area (TPSA) is 37.3 Å². The highest BCUT2D eigenvalue weighted by Gasteiger charge is 2.27. The smallest absolute Gasteiger partial charge is 0.134 e. The van der Waals surface area contributed by atoms with E-state index >= 15 is 0 Å². The van der Waals surface area contributed by atoms with Crippen molar-refractivity contribution in [3.63, 3.8) is 0 Å². The molecule has 0 aliphatic carbocycles. The normalized spacial score (nSPS) is 13.3. The summed E-state index contributed by atoms with van der Waals surface area (Å²) in [7, 11) is 0. The molecule has 0 fully saturated rings. The maximum absolute atomic E-state index is 5.67. The van der Waals surface area contributed by atoms with E-state index in [0.29, 0.717) is 0 Å². The zero-order valence-electron chi connectivity index (χ0n) is 36.3. The van der Waals surface area contributed by atoms with Gasteiger partial charge in [0.25, 0.3) is 0 Å². The van der Waals surface area contributed by atoms with Gasteiger partial charge in [0.15, 0.2) is 0 Å². The molecule has 312 valence electrons. The van der Waals surface area contributed by atoms with E-state index in [9.17, 15) is 0 Å². The Hall–Kier alpha value is -8.66. The van der Waals surface area contributed by atoms with Crippen LogP contribution in [-0.2, 0) is 0 Å². The van der Waals surface area contributed by atoms with Crippen molar-refractivity contribution >= 4 is 11.5 Å². The molecule has 1 N–H and O–H groups in total. The van der Waals surface area contributed by atoms with Gasteiger partial charge < -0.3 is 5.32 Å². The van der Waals surface area contributed by atoms with Crippen molar-refractivity contribution in [1.82, 2.24) is 10.3 Å². The van der Waals surface area contributed by atoms with Crippen molar-refractivity contribution in [2.75, 3.05) is 0 Å². The van der Waals surface area contributed by atoms with Gasteiger partial charge in [-0.25, -0.2) is 9.98 Å². The molecule has 2 heterocycles. The maximum atomic E-state index is 5.67. The van der Waals surface area contributed by atoms with Crippen LogP contribution in [0, 0.1) is 0 Å². The van der Waals surface area contributed by atoms with Crippen molar-refractivity contribution in [3.8, 4) is 78.1 Å². The number of nitrogens with zero attached hydrogens (tertiary/aromatic N) is 2. The molecule has 0 saturated carbocycles. The molecule has 11 rings (SSSR count). The SMILES string of the molecule is C1=C(c2cccc(-c3c(-c4ccccc4)c(-c4ccccc4)nc(-c4ccccc4)c3-c3ccccc3)c2)N=C(c2cc(-c3ccccc3)cc(-c3ccccc3)c2)NC1c1ccccc1. The highest BCUT2D eigenvalue weighted by atomic mass is 15.0. The number of aromatic nitrogens is 1. The number of amidine groups is 1.